The molecular formula is C21H21N5O3. The third-order valence-electron chi connectivity index (χ3n) is 5.73. The van der Waals surface area contributed by atoms with Gasteiger partial charge in [-0.2, -0.15) is 10.1 Å². The summed E-state index contributed by atoms with van der Waals surface area (Å²) < 4.78 is 7.57. The lowest BCUT2D eigenvalue weighted by Crippen LogP contribution is -2.11. The van der Waals surface area contributed by atoms with Gasteiger partial charge in [-0.1, -0.05) is 19.1 Å². The van der Waals surface area contributed by atoms with E-state index in [0.29, 0.717) is 0 Å². The van der Waals surface area contributed by atoms with Crippen molar-refractivity contribution in [2.75, 3.05) is 11.6 Å². The Labute approximate surface area is 167 Å². The maximum Gasteiger partial charge on any atom is 0.153 e. The van der Waals surface area contributed by atoms with E-state index in [1.165, 1.54) is 5.01 Å². The zero-order valence-corrected chi connectivity index (χ0v) is 16.0. The fraction of sp³-hybridized carbons (Fsp3) is 0.333. The van der Waals surface area contributed by atoms with Crippen molar-refractivity contribution in [3.05, 3.63) is 70.5 Å². The number of fused-ring (bicyclic) bond motifs is 1. The molecule has 5 rings (SSSR count). The number of nitroso groups, excluding NO2 is 1. The van der Waals surface area contributed by atoms with Crippen molar-refractivity contribution in [1.29, 1.82) is 0 Å². The van der Waals surface area contributed by atoms with Crippen molar-refractivity contribution in [2.45, 2.75) is 37.9 Å². The lowest BCUT2D eigenvalue weighted by Gasteiger charge is -2.12. The number of aliphatic hydroxyl groups is 1. The van der Waals surface area contributed by atoms with Gasteiger partial charge in [0.2, 0.25) is 0 Å². The first-order valence-corrected chi connectivity index (χ1v) is 9.73. The molecule has 2 aliphatic rings. The van der Waals surface area contributed by atoms with Gasteiger partial charge in [0.1, 0.15) is 0 Å². The lowest BCUT2D eigenvalue weighted by atomic mass is 9.98. The summed E-state index contributed by atoms with van der Waals surface area (Å²) in [5, 5.41) is 18.3. The third kappa shape index (κ3) is 3.20. The van der Waals surface area contributed by atoms with Crippen LogP contribution in [0.5, 0.6) is 0 Å². The maximum absolute atomic E-state index is 10.7. The second-order valence-electron chi connectivity index (χ2n) is 7.50. The molecule has 8 nitrogen and oxygen atoms in total. The molecule has 0 aliphatic carbocycles. The van der Waals surface area contributed by atoms with Crippen LogP contribution in [0, 0.1) is 4.91 Å². The summed E-state index contributed by atoms with van der Waals surface area (Å²) in [4.78, 5) is 15.2. The molecule has 1 aromatic carbocycles. The highest BCUT2D eigenvalue weighted by Crippen LogP contribution is 2.49. The molecule has 0 radical (unpaired) electrons. The predicted molar refractivity (Wildman–Crippen MR) is 107 cm³/mol. The summed E-state index contributed by atoms with van der Waals surface area (Å²) in [5.41, 5.74) is 4.75. The number of ether oxygens (including phenoxy) is 1. The van der Waals surface area contributed by atoms with Gasteiger partial charge in [0.05, 0.1) is 41.2 Å². The van der Waals surface area contributed by atoms with Crippen LogP contribution in [0.25, 0.3) is 5.82 Å². The molecule has 0 bridgehead atoms. The molecule has 3 atom stereocenters. The van der Waals surface area contributed by atoms with Crippen LogP contribution in [0.1, 0.15) is 48.6 Å². The van der Waals surface area contributed by atoms with Gasteiger partial charge in [0.25, 0.3) is 0 Å². The van der Waals surface area contributed by atoms with E-state index in [2.05, 4.69) is 22.3 Å². The standard InChI is InChI=1S/C21H21N5O3/c1-13(14-2-5-18-19(10-14)26(18)24-28)17-8-9-25(23-17)21-7-3-15(11-22-21)20-6-4-16(12-27)29-20/h2-3,5,7-11,13,16,20,27H,4,6,12H2,1H3. The van der Waals surface area contributed by atoms with Crippen LogP contribution < -0.4 is 5.01 Å². The molecule has 0 saturated carbocycles. The summed E-state index contributed by atoms with van der Waals surface area (Å²) in [6.07, 6.45) is 5.40. The molecule has 2 aliphatic heterocycles. The zero-order valence-electron chi connectivity index (χ0n) is 16.0. The van der Waals surface area contributed by atoms with Crippen molar-refractivity contribution in [1.82, 2.24) is 14.8 Å². The maximum atomic E-state index is 10.7. The number of hydrogen-bond donors (Lipinski definition) is 1. The van der Waals surface area contributed by atoms with Gasteiger partial charge < -0.3 is 9.84 Å². The van der Waals surface area contributed by atoms with Gasteiger partial charge in [-0.3, -0.25) is 0 Å². The number of pyridine rings is 1. The first kappa shape index (κ1) is 18.0. The molecule has 29 heavy (non-hydrogen) atoms. The minimum atomic E-state index is -0.0742. The van der Waals surface area contributed by atoms with E-state index in [1.807, 2.05) is 48.8 Å². The summed E-state index contributed by atoms with van der Waals surface area (Å²) in [5.74, 6) is 0.817. The van der Waals surface area contributed by atoms with Crippen LogP contribution in [0.2, 0.25) is 0 Å². The number of nitrogens with zero attached hydrogens (tertiary/aromatic N) is 5. The van der Waals surface area contributed by atoms with E-state index in [0.717, 1.165) is 46.9 Å². The molecule has 3 aromatic rings. The summed E-state index contributed by atoms with van der Waals surface area (Å²) in [6.45, 7) is 2.14. The van der Waals surface area contributed by atoms with Gasteiger partial charge in [-0.25, -0.2) is 9.67 Å². The highest BCUT2D eigenvalue weighted by Gasteiger charge is 2.31. The molecule has 3 unspecified atom stereocenters. The molecule has 148 valence electrons. The second kappa shape index (κ2) is 7.06. The first-order valence-electron chi connectivity index (χ1n) is 9.73. The van der Waals surface area contributed by atoms with Gasteiger partial charge in [0, 0.05) is 18.3 Å². The molecule has 1 N–H and O–H groups in total. The number of hydrogen-bond acceptors (Lipinski definition) is 6. The number of benzene rings is 1. The SMILES string of the molecule is CC(c1ccc2c(c1)N2N=O)c1ccn(-c2ccc(C3CCC(CO)O3)cn2)n1. The smallest absolute Gasteiger partial charge is 0.153 e. The van der Waals surface area contributed by atoms with E-state index >= 15 is 0 Å². The molecule has 0 amide bonds. The lowest BCUT2D eigenvalue weighted by molar-refractivity contribution is 0.0108. The summed E-state index contributed by atoms with van der Waals surface area (Å²) >= 11 is 0. The third-order valence-corrected chi connectivity index (χ3v) is 5.73. The van der Waals surface area contributed by atoms with Gasteiger partial charge >= 0.3 is 0 Å². The monoisotopic (exact) mass is 391 g/mol. The summed E-state index contributed by atoms with van der Waals surface area (Å²) in [7, 11) is 0. The highest BCUT2D eigenvalue weighted by atomic mass is 16.5. The number of aliphatic hydroxyl groups excluding tert-OH is 1. The normalized spacial score (nSPS) is 21.1. The first-order chi connectivity index (χ1) is 14.2. The van der Waals surface area contributed by atoms with Crippen LogP contribution in [0.4, 0.5) is 11.4 Å². The Bertz CT molecular complexity index is 1050. The zero-order chi connectivity index (χ0) is 20.0. The summed E-state index contributed by atoms with van der Waals surface area (Å²) in [6, 6.07) is 11.8. The quantitative estimate of drug-likeness (QED) is 0.508. The molecule has 2 aromatic heterocycles. The Kier molecular flexibility index (Phi) is 4.37. The Morgan fingerprint density at radius 1 is 1.24 bits per heavy atom. The Hall–Kier alpha value is -3.10. The minimum Gasteiger partial charge on any atom is -0.394 e. The van der Waals surface area contributed by atoms with Crippen molar-refractivity contribution < 1.29 is 9.84 Å². The van der Waals surface area contributed by atoms with Crippen LogP contribution in [0.15, 0.2) is 54.1 Å². The predicted octanol–water partition coefficient (Wildman–Crippen LogP) is 3.76. The fourth-order valence-corrected chi connectivity index (χ4v) is 3.89. The van der Waals surface area contributed by atoms with Crippen LogP contribution in [0.3, 0.4) is 0 Å². The van der Waals surface area contributed by atoms with Gasteiger partial charge in [-0.05, 0) is 48.2 Å². The molecule has 8 heteroatoms. The number of aromatic nitrogens is 3. The molecule has 0 spiro atoms. The highest BCUT2D eigenvalue weighted by molar-refractivity contribution is 5.92. The van der Waals surface area contributed by atoms with E-state index in [9.17, 15) is 10.0 Å². The average Bonchev–Trinajstić information content (AvgIpc) is 3.12. The molecule has 1 fully saturated rings. The molecular weight excluding hydrogens is 370 g/mol. The Morgan fingerprint density at radius 2 is 2.14 bits per heavy atom. The topological polar surface area (TPSA) is 92.6 Å². The molecule has 1 saturated heterocycles. The van der Waals surface area contributed by atoms with E-state index in [4.69, 9.17) is 4.74 Å². The fourth-order valence-electron chi connectivity index (χ4n) is 3.89. The van der Waals surface area contributed by atoms with E-state index in [1.54, 1.807) is 4.68 Å². The Morgan fingerprint density at radius 3 is 2.86 bits per heavy atom. The van der Waals surface area contributed by atoms with Gasteiger partial charge in [-0.15, -0.1) is 4.91 Å². The van der Waals surface area contributed by atoms with Crippen molar-refractivity contribution in [2.24, 2.45) is 5.29 Å². The van der Waals surface area contributed by atoms with Crippen molar-refractivity contribution >= 4 is 11.4 Å². The van der Waals surface area contributed by atoms with Gasteiger partial charge in [0.15, 0.2) is 5.82 Å². The van der Waals surface area contributed by atoms with Crippen LogP contribution in [-0.2, 0) is 4.74 Å². The number of anilines is 2. The van der Waals surface area contributed by atoms with Crippen molar-refractivity contribution in [3.63, 3.8) is 0 Å². The van der Waals surface area contributed by atoms with Crippen molar-refractivity contribution in [3.8, 4) is 5.82 Å². The number of rotatable bonds is 6. The Balaban J connectivity index is 1.31. The largest absolute Gasteiger partial charge is 0.394 e. The minimum absolute atomic E-state index is 0.00558. The van der Waals surface area contributed by atoms with E-state index < -0.39 is 0 Å². The van der Waals surface area contributed by atoms with Crippen LogP contribution >= 0.6 is 0 Å². The van der Waals surface area contributed by atoms with E-state index in [-0.39, 0.29) is 24.7 Å². The average molecular weight is 391 g/mol. The van der Waals surface area contributed by atoms with Crippen LogP contribution in [-0.4, -0.2) is 32.6 Å². The molecule has 4 heterocycles. The second-order valence-corrected chi connectivity index (χ2v) is 7.50.